The molecule has 78 valence electrons. The van der Waals surface area contributed by atoms with E-state index in [2.05, 4.69) is 18.8 Å². The van der Waals surface area contributed by atoms with E-state index in [9.17, 15) is 0 Å². The molecule has 0 aliphatic heterocycles. The Labute approximate surface area is 86.0 Å². The Hall–Kier alpha value is -1.02. The maximum Gasteiger partial charge on any atom is 0.121 e. The summed E-state index contributed by atoms with van der Waals surface area (Å²) in [6.07, 6.45) is 3.96. The summed E-state index contributed by atoms with van der Waals surface area (Å²) in [5.74, 6) is 1.98. The molecule has 1 rings (SSSR count). The van der Waals surface area contributed by atoms with Crippen LogP contribution in [0.5, 0.6) is 0 Å². The number of rotatable bonds is 6. The first-order valence-electron chi connectivity index (χ1n) is 5.18. The maximum atomic E-state index is 5.58. The van der Waals surface area contributed by atoms with Crippen molar-refractivity contribution < 1.29 is 4.42 Å². The highest BCUT2D eigenvalue weighted by atomic mass is 16.3. The van der Waals surface area contributed by atoms with Crippen LogP contribution < -0.4 is 5.32 Å². The van der Waals surface area contributed by atoms with Crippen molar-refractivity contribution in [3.63, 3.8) is 0 Å². The minimum atomic E-state index is 0.279. The summed E-state index contributed by atoms with van der Waals surface area (Å²) >= 11 is 0. The average Bonchev–Trinajstić information content (AvgIpc) is 2.59. The first-order valence-corrected chi connectivity index (χ1v) is 5.18. The van der Waals surface area contributed by atoms with E-state index in [1.54, 1.807) is 0 Å². The molecule has 0 aliphatic rings. The number of furan rings is 1. The fourth-order valence-corrected chi connectivity index (χ4v) is 1.43. The van der Waals surface area contributed by atoms with Gasteiger partial charge in [0.15, 0.2) is 0 Å². The Bertz CT molecular complexity index is 278. The highest BCUT2D eigenvalue weighted by Crippen LogP contribution is 2.19. The van der Waals surface area contributed by atoms with Gasteiger partial charge in [-0.2, -0.15) is 0 Å². The fraction of sp³-hybridized carbons (Fsp3) is 0.500. The first-order chi connectivity index (χ1) is 6.77. The molecule has 14 heavy (non-hydrogen) atoms. The molecule has 0 fully saturated rings. The summed E-state index contributed by atoms with van der Waals surface area (Å²) in [5, 5.41) is 3.43. The van der Waals surface area contributed by atoms with Crippen LogP contribution in [-0.2, 0) is 0 Å². The molecule has 0 amide bonds. The van der Waals surface area contributed by atoms with Crippen molar-refractivity contribution in [2.45, 2.75) is 32.7 Å². The molecule has 1 aromatic heterocycles. The summed E-state index contributed by atoms with van der Waals surface area (Å²) in [6.45, 7) is 8.90. The second-order valence-electron chi connectivity index (χ2n) is 3.48. The van der Waals surface area contributed by atoms with Gasteiger partial charge < -0.3 is 9.73 Å². The van der Waals surface area contributed by atoms with Crippen LogP contribution in [0.25, 0.3) is 0 Å². The van der Waals surface area contributed by atoms with Gasteiger partial charge in [0, 0.05) is 0 Å². The minimum absolute atomic E-state index is 0.279. The molecule has 1 aromatic rings. The Balaban J connectivity index is 2.61. The van der Waals surface area contributed by atoms with Crippen molar-refractivity contribution in [2.75, 3.05) is 6.54 Å². The second kappa shape index (κ2) is 5.66. The zero-order chi connectivity index (χ0) is 10.4. The van der Waals surface area contributed by atoms with Gasteiger partial charge in [0.2, 0.25) is 0 Å². The number of nitrogens with one attached hydrogen (secondary N) is 1. The fourth-order valence-electron chi connectivity index (χ4n) is 1.43. The van der Waals surface area contributed by atoms with Gasteiger partial charge in [0.1, 0.15) is 11.5 Å². The van der Waals surface area contributed by atoms with Gasteiger partial charge in [-0.05, 0) is 38.4 Å². The maximum absolute atomic E-state index is 5.58. The Morgan fingerprint density at radius 1 is 1.57 bits per heavy atom. The van der Waals surface area contributed by atoms with Crippen LogP contribution in [-0.4, -0.2) is 6.54 Å². The monoisotopic (exact) mass is 193 g/mol. The van der Waals surface area contributed by atoms with Gasteiger partial charge in [-0.25, -0.2) is 0 Å². The van der Waals surface area contributed by atoms with E-state index >= 15 is 0 Å². The molecule has 0 radical (unpaired) electrons. The van der Waals surface area contributed by atoms with Gasteiger partial charge in [-0.1, -0.05) is 13.0 Å². The Morgan fingerprint density at radius 3 is 2.86 bits per heavy atom. The van der Waals surface area contributed by atoms with Crippen molar-refractivity contribution >= 4 is 0 Å². The molecule has 0 bridgehead atoms. The van der Waals surface area contributed by atoms with Crippen LogP contribution in [0.2, 0.25) is 0 Å². The molecule has 0 spiro atoms. The topological polar surface area (TPSA) is 25.2 Å². The van der Waals surface area contributed by atoms with Crippen molar-refractivity contribution in [2.24, 2.45) is 0 Å². The molecule has 0 aliphatic carbocycles. The quantitative estimate of drug-likeness (QED) is 0.702. The van der Waals surface area contributed by atoms with E-state index in [-0.39, 0.29) is 6.04 Å². The summed E-state index contributed by atoms with van der Waals surface area (Å²) in [6, 6.07) is 4.31. The van der Waals surface area contributed by atoms with Crippen LogP contribution >= 0.6 is 0 Å². The lowest BCUT2D eigenvalue weighted by atomic mass is 10.1. The minimum Gasteiger partial charge on any atom is -0.465 e. The zero-order valence-electron chi connectivity index (χ0n) is 9.05. The Kier molecular flexibility index (Phi) is 4.47. The predicted octanol–water partition coefficient (Wildman–Crippen LogP) is 3.20. The summed E-state index contributed by atoms with van der Waals surface area (Å²) in [5.41, 5.74) is 0. The van der Waals surface area contributed by atoms with E-state index in [1.165, 1.54) is 0 Å². The second-order valence-corrected chi connectivity index (χ2v) is 3.48. The van der Waals surface area contributed by atoms with Crippen LogP contribution in [0, 0.1) is 6.92 Å². The number of hydrogen-bond acceptors (Lipinski definition) is 2. The highest BCUT2D eigenvalue weighted by molar-refractivity contribution is 5.10. The third-order valence-electron chi connectivity index (χ3n) is 2.15. The predicted molar refractivity (Wildman–Crippen MR) is 59.3 cm³/mol. The molecule has 1 N–H and O–H groups in total. The van der Waals surface area contributed by atoms with Gasteiger partial charge in [0.05, 0.1) is 6.04 Å². The molecule has 0 aromatic carbocycles. The molecule has 2 nitrogen and oxygen atoms in total. The molecular formula is C12H19NO. The van der Waals surface area contributed by atoms with Crippen LogP contribution in [0.3, 0.4) is 0 Å². The van der Waals surface area contributed by atoms with Gasteiger partial charge >= 0.3 is 0 Å². The summed E-state index contributed by atoms with van der Waals surface area (Å²) < 4.78 is 5.58. The van der Waals surface area contributed by atoms with Crippen LogP contribution in [0.4, 0.5) is 0 Å². The SMILES string of the molecule is C=CCC(NCCC)c1ccc(C)o1. The van der Waals surface area contributed by atoms with Gasteiger partial charge in [-0.15, -0.1) is 6.58 Å². The van der Waals surface area contributed by atoms with E-state index in [1.807, 2.05) is 25.1 Å². The largest absolute Gasteiger partial charge is 0.465 e. The Morgan fingerprint density at radius 2 is 2.36 bits per heavy atom. The van der Waals surface area contributed by atoms with Gasteiger partial charge in [-0.3, -0.25) is 0 Å². The zero-order valence-corrected chi connectivity index (χ0v) is 9.05. The van der Waals surface area contributed by atoms with E-state index in [0.717, 1.165) is 30.9 Å². The van der Waals surface area contributed by atoms with E-state index in [4.69, 9.17) is 4.42 Å². The van der Waals surface area contributed by atoms with E-state index in [0.29, 0.717) is 0 Å². The van der Waals surface area contributed by atoms with Crippen molar-refractivity contribution in [1.82, 2.24) is 5.32 Å². The first kappa shape index (κ1) is 11.1. The summed E-state index contributed by atoms with van der Waals surface area (Å²) in [4.78, 5) is 0. The third kappa shape index (κ3) is 3.04. The number of hydrogen-bond donors (Lipinski definition) is 1. The summed E-state index contributed by atoms with van der Waals surface area (Å²) in [7, 11) is 0. The van der Waals surface area contributed by atoms with Crippen LogP contribution in [0.15, 0.2) is 29.2 Å². The molecule has 1 atom stereocenters. The molecule has 2 heteroatoms. The molecule has 0 saturated heterocycles. The van der Waals surface area contributed by atoms with E-state index < -0.39 is 0 Å². The lowest BCUT2D eigenvalue weighted by Crippen LogP contribution is -2.21. The smallest absolute Gasteiger partial charge is 0.121 e. The van der Waals surface area contributed by atoms with Crippen LogP contribution in [0.1, 0.15) is 37.3 Å². The lowest BCUT2D eigenvalue weighted by molar-refractivity contribution is 0.402. The molecule has 1 unspecified atom stereocenters. The normalized spacial score (nSPS) is 12.7. The third-order valence-corrected chi connectivity index (χ3v) is 2.15. The van der Waals surface area contributed by atoms with Crippen molar-refractivity contribution in [3.8, 4) is 0 Å². The standard InChI is InChI=1S/C12H19NO/c1-4-6-11(13-9-5-2)12-8-7-10(3)14-12/h4,7-8,11,13H,1,5-6,9H2,2-3H3. The lowest BCUT2D eigenvalue weighted by Gasteiger charge is -2.13. The van der Waals surface area contributed by atoms with Crippen molar-refractivity contribution in [1.29, 1.82) is 0 Å². The molecule has 0 saturated carbocycles. The van der Waals surface area contributed by atoms with Crippen molar-refractivity contribution in [3.05, 3.63) is 36.3 Å². The average molecular weight is 193 g/mol. The van der Waals surface area contributed by atoms with Gasteiger partial charge in [0.25, 0.3) is 0 Å². The highest BCUT2D eigenvalue weighted by Gasteiger charge is 2.11. The molecule has 1 heterocycles. The number of aryl methyl sites for hydroxylation is 1. The molecular weight excluding hydrogens is 174 g/mol.